The number of hydrazine groups is 1. The van der Waals surface area contributed by atoms with Gasteiger partial charge in [0.1, 0.15) is 0 Å². The minimum atomic E-state index is 0.861. The predicted octanol–water partition coefficient (Wildman–Crippen LogP) is 0.849. The van der Waals surface area contributed by atoms with E-state index >= 15 is 0 Å². The number of nitrogens with one attached hydrogen (secondary N) is 2. The van der Waals surface area contributed by atoms with Crippen LogP contribution in [-0.2, 0) is 0 Å². The first-order chi connectivity index (χ1) is 5.42. The van der Waals surface area contributed by atoms with E-state index in [0.29, 0.717) is 0 Å². The lowest BCUT2D eigenvalue weighted by atomic mass is 10.2. The molecule has 4 nitrogen and oxygen atoms in total. The number of fused-ring (bicyclic) bond motifs is 1. The molecule has 0 amide bonds. The number of benzene rings is 1. The van der Waals surface area contributed by atoms with E-state index in [0.717, 1.165) is 16.6 Å². The second-order valence-corrected chi connectivity index (χ2v) is 2.28. The molecule has 1 aromatic carbocycles. The number of nitrogen functional groups attached to an aromatic ring is 1. The molecule has 0 atom stereocenters. The molecule has 0 aliphatic rings. The van der Waals surface area contributed by atoms with Crippen molar-refractivity contribution in [3.63, 3.8) is 0 Å². The molecule has 0 saturated carbocycles. The van der Waals surface area contributed by atoms with Gasteiger partial charge in [-0.3, -0.25) is 10.9 Å². The van der Waals surface area contributed by atoms with Crippen molar-refractivity contribution in [2.24, 2.45) is 5.84 Å². The quantitative estimate of drug-likeness (QED) is 0.415. The average Bonchev–Trinajstić information content (AvgIpc) is 2.50. The maximum atomic E-state index is 5.28. The zero-order valence-electron chi connectivity index (χ0n) is 5.83. The van der Waals surface area contributed by atoms with Crippen LogP contribution < -0.4 is 11.3 Å². The van der Waals surface area contributed by atoms with Gasteiger partial charge in [-0.25, -0.2) is 0 Å². The normalized spacial score (nSPS) is 10.3. The molecular weight excluding hydrogens is 140 g/mol. The molecule has 0 bridgehead atoms. The molecule has 1 aromatic heterocycles. The standard InChI is InChI=1S/C7H8N4/c8-10-6-3-1-2-5-4-9-11-7(5)6/h1-4,10H,8H2,(H,9,11). The maximum Gasteiger partial charge on any atom is 0.0894 e. The molecule has 1 heterocycles. The number of aromatic nitrogens is 2. The van der Waals surface area contributed by atoms with E-state index < -0.39 is 0 Å². The molecule has 0 spiro atoms. The highest BCUT2D eigenvalue weighted by atomic mass is 15.2. The molecule has 0 saturated heterocycles. The summed E-state index contributed by atoms with van der Waals surface area (Å²) in [4.78, 5) is 0. The lowest BCUT2D eigenvalue weighted by Crippen LogP contribution is -2.06. The fourth-order valence-electron chi connectivity index (χ4n) is 1.09. The Hall–Kier alpha value is -1.55. The highest BCUT2D eigenvalue weighted by Crippen LogP contribution is 2.18. The zero-order valence-corrected chi connectivity index (χ0v) is 5.83. The highest BCUT2D eigenvalue weighted by Gasteiger charge is 1.98. The van der Waals surface area contributed by atoms with Gasteiger partial charge in [0.25, 0.3) is 0 Å². The molecule has 2 aromatic rings. The van der Waals surface area contributed by atoms with E-state index in [1.54, 1.807) is 6.20 Å². The smallest absolute Gasteiger partial charge is 0.0894 e. The summed E-state index contributed by atoms with van der Waals surface area (Å²) in [5.41, 5.74) is 4.39. The van der Waals surface area contributed by atoms with Gasteiger partial charge in [-0.05, 0) is 6.07 Å². The Morgan fingerprint density at radius 2 is 2.36 bits per heavy atom. The number of hydrogen-bond acceptors (Lipinski definition) is 3. The molecule has 11 heavy (non-hydrogen) atoms. The Bertz CT molecular complexity index is 365. The van der Waals surface area contributed by atoms with Gasteiger partial charge in [-0.15, -0.1) is 0 Å². The van der Waals surface area contributed by atoms with Gasteiger partial charge in [-0.1, -0.05) is 12.1 Å². The number of rotatable bonds is 1. The highest BCUT2D eigenvalue weighted by molar-refractivity contribution is 5.89. The lowest BCUT2D eigenvalue weighted by molar-refractivity contribution is 1.12. The van der Waals surface area contributed by atoms with E-state index in [9.17, 15) is 0 Å². The average molecular weight is 148 g/mol. The molecule has 4 N–H and O–H groups in total. The summed E-state index contributed by atoms with van der Waals surface area (Å²) in [5.74, 6) is 5.28. The minimum absolute atomic E-state index is 0.861. The molecule has 56 valence electrons. The van der Waals surface area contributed by atoms with Crippen molar-refractivity contribution >= 4 is 16.6 Å². The van der Waals surface area contributed by atoms with E-state index in [1.807, 2.05) is 18.2 Å². The van der Waals surface area contributed by atoms with Crippen LogP contribution in [0.1, 0.15) is 0 Å². The summed E-state index contributed by atoms with van der Waals surface area (Å²) in [5, 5.41) is 7.79. The van der Waals surface area contributed by atoms with Gasteiger partial charge in [0.05, 0.1) is 17.4 Å². The van der Waals surface area contributed by atoms with Crippen LogP contribution in [0.15, 0.2) is 24.4 Å². The summed E-state index contributed by atoms with van der Waals surface area (Å²) in [7, 11) is 0. The Morgan fingerprint density at radius 3 is 3.18 bits per heavy atom. The second-order valence-electron chi connectivity index (χ2n) is 2.28. The predicted molar refractivity (Wildman–Crippen MR) is 43.9 cm³/mol. The zero-order chi connectivity index (χ0) is 7.68. The first-order valence-corrected chi connectivity index (χ1v) is 3.30. The fraction of sp³-hybridized carbons (Fsp3) is 0. The van der Waals surface area contributed by atoms with Crippen LogP contribution >= 0.6 is 0 Å². The third kappa shape index (κ3) is 0.841. The van der Waals surface area contributed by atoms with E-state index in [2.05, 4.69) is 15.6 Å². The van der Waals surface area contributed by atoms with Crippen LogP contribution in [0.4, 0.5) is 5.69 Å². The van der Waals surface area contributed by atoms with Crippen molar-refractivity contribution < 1.29 is 0 Å². The van der Waals surface area contributed by atoms with Crippen LogP contribution in [0.3, 0.4) is 0 Å². The van der Waals surface area contributed by atoms with Gasteiger partial charge >= 0.3 is 0 Å². The lowest BCUT2D eigenvalue weighted by Gasteiger charge is -1.98. The fourth-order valence-corrected chi connectivity index (χ4v) is 1.09. The van der Waals surface area contributed by atoms with E-state index in [-0.39, 0.29) is 0 Å². The van der Waals surface area contributed by atoms with Crippen LogP contribution in [0.25, 0.3) is 10.9 Å². The van der Waals surface area contributed by atoms with Gasteiger partial charge in [-0.2, -0.15) is 5.10 Å². The van der Waals surface area contributed by atoms with E-state index in [4.69, 9.17) is 5.84 Å². The van der Waals surface area contributed by atoms with Crippen molar-refractivity contribution in [1.29, 1.82) is 0 Å². The monoisotopic (exact) mass is 148 g/mol. The third-order valence-electron chi connectivity index (χ3n) is 1.63. The topological polar surface area (TPSA) is 66.7 Å². The Labute approximate surface area is 63.4 Å². The molecule has 0 unspecified atom stereocenters. The third-order valence-corrected chi connectivity index (χ3v) is 1.63. The van der Waals surface area contributed by atoms with Gasteiger partial charge < -0.3 is 5.43 Å². The summed E-state index contributed by atoms with van der Waals surface area (Å²) in [6.07, 6.45) is 1.76. The molecule has 0 aliphatic heterocycles. The number of aromatic amines is 1. The SMILES string of the molecule is NNc1cccc2cn[nH]c12. The van der Waals surface area contributed by atoms with Gasteiger partial charge in [0, 0.05) is 5.39 Å². The number of anilines is 1. The molecule has 2 rings (SSSR count). The molecule has 0 fully saturated rings. The molecule has 0 radical (unpaired) electrons. The van der Waals surface area contributed by atoms with Gasteiger partial charge in [0.15, 0.2) is 0 Å². The molecule has 0 aliphatic carbocycles. The number of hydrogen-bond donors (Lipinski definition) is 3. The van der Waals surface area contributed by atoms with Crippen LogP contribution in [0.2, 0.25) is 0 Å². The van der Waals surface area contributed by atoms with Crippen molar-refractivity contribution in [2.75, 3.05) is 5.43 Å². The van der Waals surface area contributed by atoms with Crippen molar-refractivity contribution in [1.82, 2.24) is 10.2 Å². The summed E-state index contributed by atoms with van der Waals surface area (Å²) in [6, 6.07) is 5.78. The Morgan fingerprint density at radius 1 is 1.45 bits per heavy atom. The Kier molecular flexibility index (Phi) is 1.26. The molecule has 4 heteroatoms. The second kappa shape index (κ2) is 2.25. The minimum Gasteiger partial charge on any atom is -0.322 e. The number of nitrogens with zero attached hydrogens (tertiary/aromatic N) is 1. The van der Waals surface area contributed by atoms with Crippen LogP contribution in [0, 0.1) is 0 Å². The first kappa shape index (κ1) is 6.18. The van der Waals surface area contributed by atoms with Crippen molar-refractivity contribution in [3.8, 4) is 0 Å². The summed E-state index contributed by atoms with van der Waals surface area (Å²) < 4.78 is 0. The Balaban J connectivity index is 2.79. The maximum absolute atomic E-state index is 5.28. The van der Waals surface area contributed by atoms with E-state index in [1.165, 1.54) is 0 Å². The first-order valence-electron chi connectivity index (χ1n) is 3.30. The summed E-state index contributed by atoms with van der Waals surface area (Å²) in [6.45, 7) is 0. The molecular formula is C7H8N4. The van der Waals surface area contributed by atoms with Crippen LogP contribution in [0.5, 0.6) is 0 Å². The van der Waals surface area contributed by atoms with Gasteiger partial charge in [0.2, 0.25) is 0 Å². The summed E-state index contributed by atoms with van der Waals surface area (Å²) >= 11 is 0. The van der Waals surface area contributed by atoms with Crippen molar-refractivity contribution in [2.45, 2.75) is 0 Å². The number of H-pyrrole nitrogens is 1. The number of para-hydroxylation sites is 1. The van der Waals surface area contributed by atoms with Crippen LogP contribution in [-0.4, -0.2) is 10.2 Å². The largest absolute Gasteiger partial charge is 0.322 e. The number of nitrogens with two attached hydrogens (primary N) is 1. The van der Waals surface area contributed by atoms with Crippen molar-refractivity contribution in [3.05, 3.63) is 24.4 Å².